The number of carbonyl (C=O) groups excluding carboxylic acids is 1. The monoisotopic (exact) mass is 281 g/mol. The highest BCUT2D eigenvalue weighted by Gasteiger charge is 2.12. The number of nitrogens with zero attached hydrogens (tertiary/aromatic N) is 1. The molecule has 0 saturated heterocycles. The van der Waals surface area contributed by atoms with Crippen molar-refractivity contribution in [1.82, 2.24) is 4.40 Å². The maximum Gasteiger partial charge on any atom is 0.308 e. The van der Waals surface area contributed by atoms with Crippen LogP contribution < -0.4 is 9.47 Å². The molecule has 0 aliphatic heterocycles. The summed E-state index contributed by atoms with van der Waals surface area (Å²) in [6.07, 6.45) is 1.95. The average Bonchev–Trinajstić information content (AvgIpc) is 2.86. The number of carbonyl (C=O) groups is 1. The normalized spacial score (nSPS) is 10.6. The molecular formula is C17H15NO3. The van der Waals surface area contributed by atoms with Gasteiger partial charge in [-0.25, -0.2) is 0 Å². The largest absolute Gasteiger partial charge is 0.497 e. The Balaban J connectivity index is 2.15. The summed E-state index contributed by atoms with van der Waals surface area (Å²) in [5.74, 6) is 1.04. The number of pyridine rings is 1. The molecule has 21 heavy (non-hydrogen) atoms. The van der Waals surface area contributed by atoms with E-state index in [1.165, 1.54) is 6.92 Å². The van der Waals surface area contributed by atoms with Gasteiger partial charge in [-0.2, -0.15) is 0 Å². The molecule has 0 radical (unpaired) electrons. The van der Waals surface area contributed by atoms with Crippen LogP contribution in [0.2, 0.25) is 0 Å². The van der Waals surface area contributed by atoms with Crippen molar-refractivity contribution in [3.05, 3.63) is 54.7 Å². The van der Waals surface area contributed by atoms with E-state index in [-0.39, 0.29) is 5.97 Å². The van der Waals surface area contributed by atoms with Gasteiger partial charge in [0.15, 0.2) is 5.75 Å². The first-order valence-corrected chi connectivity index (χ1v) is 6.62. The molecule has 2 aromatic heterocycles. The fourth-order valence-electron chi connectivity index (χ4n) is 2.34. The smallest absolute Gasteiger partial charge is 0.308 e. The molecule has 3 rings (SSSR count). The SMILES string of the molecule is COc1ccc(-c2cc(OC(C)=O)c3ccccn23)cc1. The van der Waals surface area contributed by atoms with Crippen molar-refractivity contribution in [3.8, 4) is 22.8 Å². The Hall–Kier alpha value is -2.75. The Bertz CT molecular complexity index is 787. The Morgan fingerprint density at radius 2 is 1.86 bits per heavy atom. The van der Waals surface area contributed by atoms with Crippen molar-refractivity contribution in [1.29, 1.82) is 0 Å². The van der Waals surface area contributed by atoms with Gasteiger partial charge in [-0.1, -0.05) is 6.07 Å². The van der Waals surface area contributed by atoms with Gasteiger partial charge in [0.1, 0.15) is 5.75 Å². The minimum Gasteiger partial charge on any atom is -0.497 e. The van der Waals surface area contributed by atoms with Crippen LogP contribution in [-0.4, -0.2) is 17.5 Å². The highest BCUT2D eigenvalue weighted by atomic mass is 16.5. The minimum atomic E-state index is -0.326. The first-order valence-electron chi connectivity index (χ1n) is 6.62. The molecule has 3 aromatic rings. The maximum atomic E-state index is 11.2. The topological polar surface area (TPSA) is 39.9 Å². The molecule has 0 atom stereocenters. The number of hydrogen-bond donors (Lipinski definition) is 0. The van der Waals surface area contributed by atoms with Crippen molar-refractivity contribution in [3.63, 3.8) is 0 Å². The second-order valence-electron chi connectivity index (χ2n) is 4.67. The molecular weight excluding hydrogens is 266 g/mol. The van der Waals surface area contributed by atoms with Crippen LogP contribution in [0, 0.1) is 0 Å². The highest BCUT2D eigenvalue weighted by molar-refractivity contribution is 5.79. The van der Waals surface area contributed by atoms with Gasteiger partial charge in [0, 0.05) is 19.2 Å². The van der Waals surface area contributed by atoms with Crippen LogP contribution in [0.15, 0.2) is 54.7 Å². The van der Waals surface area contributed by atoms with Gasteiger partial charge in [0.05, 0.1) is 18.3 Å². The molecule has 0 saturated carbocycles. The average molecular weight is 281 g/mol. The van der Waals surface area contributed by atoms with Crippen molar-refractivity contribution in [2.75, 3.05) is 7.11 Å². The second-order valence-corrected chi connectivity index (χ2v) is 4.67. The molecule has 106 valence electrons. The third-order valence-corrected chi connectivity index (χ3v) is 3.28. The molecule has 4 nitrogen and oxygen atoms in total. The number of aromatic nitrogens is 1. The van der Waals surface area contributed by atoms with E-state index in [9.17, 15) is 4.79 Å². The molecule has 0 N–H and O–H groups in total. The molecule has 0 fully saturated rings. The van der Waals surface area contributed by atoms with Crippen LogP contribution in [0.5, 0.6) is 11.5 Å². The number of hydrogen-bond acceptors (Lipinski definition) is 3. The fraction of sp³-hybridized carbons (Fsp3) is 0.118. The van der Waals surface area contributed by atoms with Crippen molar-refractivity contribution >= 4 is 11.5 Å². The van der Waals surface area contributed by atoms with Gasteiger partial charge in [-0.3, -0.25) is 4.79 Å². The zero-order chi connectivity index (χ0) is 14.8. The quantitative estimate of drug-likeness (QED) is 0.689. The van der Waals surface area contributed by atoms with Gasteiger partial charge in [0.2, 0.25) is 0 Å². The van der Waals surface area contributed by atoms with Crippen LogP contribution in [0.1, 0.15) is 6.92 Å². The summed E-state index contributed by atoms with van der Waals surface area (Å²) >= 11 is 0. The van der Waals surface area contributed by atoms with Crippen molar-refractivity contribution < 1.29 is 14.3 Å². The van der Waals surface area contributed by atoms with Crippen LogP contribution in [-0.2, 0) is 4.79 Å². The zero-order valence-corrected chi connectivity index (χ0v) is 11.9. The lowest BCUT2D eigenvalue weighted by Gasteiger charge is -2.04. The van der Waals surface area contributed by atoms with E-state index in [0.29, 0.717) is 5.75 Å². The number of rotatable bonds is 3. The lowest BCUT2D eigenvalue weighted by atomic mass is 10.1. The predicted octanol–water partition coefficient (Wildman–Crippen LogP) is 3.54. The lowest BCUT2D eigenvalue weighted by molar-refractivity contribution is -0.131. The molecule has 0 amide bonds. The fourth-order valence-corrected chi connectivity index (χ4v) is 2.34. The Morgan fingerprint density at radius 1 is 1.10 bits per heavy atom. The van der Waals surface area contributed by atoms with Crippen LogP contribution >= 0.6 is 0 Å². The van der Waals surface area contributed by atoms with Crippen molar-refractivity contribution in [2.45, 2.75) is 6.92 Å². The number of fused-ring (bicyclic) bond motifs is 1. The summed E-state index contributed by atoms with van der Waals surface area (Å²) in [7, 11) is 1.64. The van der Waals surface area contributed by atoms with Crippen LogP contribution in [0.4, 0.5) is 0 Å². The maximum absolute atomic E-state index is 11.2. The van der Waals surface area contributed by atoms with Crippen LogP contribution in [0.25, 0.3) is 16.8 Å². The third kappa shape index (κ3) is 2.48. The first-order chi connectivity index (χ1) is 10.2. The summed E-state index contributed by atoms with van der Waals surface area (Å²) < 4.78 is 12.5. The number of esters is 1. The predicted molar refractivity (Wildman–Crippen MR) is 80.7 cm³/mol. The molecule has 1 aromatic carbocycles. The van der Waals surface area contributed by atoms with Crippen LogP contribution in [0.3, 0.4) is 0 Å². The number of ether oxygens (including phenoxy) is 2. The van der Waals surface area contributed by atoms with E-state index < -0.39 is 0 Å². The number of methoxy groups -OCH3 is 1. The zero-order valence-electron chi connectivity index (χ0n) is 11.9. The van der Waals surface area contributed by atoms with Gasteiger partial charge in [-0.05, 0) is 42.0 Å². The van der Waals surface area contributed by atoms with Crippen molar-refractivity contribution in [2.24, 2.45) is 0 Å². The summed E-state index contributed by atoms with van der Waals surface area (Å²) in [6.45, 7) is 1.40. The molecule has 0 spiro atoms. The van der Waals surface area contributed by atoms with E-state index >= 15 is 0 Å². The first kappa shape index (κ1) is 13.2. The van der Waals surface area contributed by atoms with Gasteiger partial charge in [-0.15, -0.1) is 0 Å². The van der Waals surface area contributed by atoms with Gasteiger partial charge >= 0.3 is 5.97 Å². The Morgan fingerprint density at radius 3 is 2.52 bits per heavy atom. The molecule has 0 aliphatic carbocycles. The molecule has 0 aliphatic rings. The molecule has 2 heterocycles. The van der Waals surface area contributed by atoms with Gasteiger partial charge in [0.25, 0.3) is 0 Å². The summed E-state index contributed by atoms with van der Waals surface area (Å²) in [5.41, 5.74) is 2.85. The summed E-state index contributed by atoms with van der Waals surface area (Å²) in [6, 6.07) is 15.4. The minimum absolute atomic E-state index is 0.326. The Labute approximate surface area is 122 Å². The summed E-state index contributed by atoms with van der Waals surface area (Å²) in [4.78, 5) is 11.2. The van der Waals surface area contributed by atoms with Gasteiger partial charge < -0.3 is 13.9 Å². The van der Waals surface area contributed by atoms with E-state index in [1.54, 1.807) is 7.11 Å². The highest BCUT2D eigenvalue weighted by Crippen LogP contribution is 2.32. The molecule has 0 unspecified atom stereocenters. The lowest BCUT2D eigenvalue weighted by Crippen LogP contribution is -2.00. The van der Waals surface area contributed by atoms with E-state index in [1.807, 2.05) is 59.1 Å². The standard InChI is InChI=1S/C17H15NO3/c1-12(19)21-17-11-16(18-10-4-3-5-15(17)18)13-6-8-14(20-2)9-7-13/h3-11H,1-2H3. The van der Waals surface area contributed by atoms with E-state index in [4.69, 9.17) is 9.47 Å². The number of benzene rings is 1. The second kappa shape index (κ2) is 5.32. The van der Waals surface area contributed by atoms with E-state index in [2.05, 4.69) is 0 Å². The summed E-state index contributed by atoms with van der Waals surface area (Å²) in [5, 5.41) is 0. The Kier molecular flexibility index (Phi) is 3.36. The third-order valence-electron chi connectivity index (χ3n) is 3.28. The molecule has 0 bridgehead atoms. The van der Waals surface area contributed by atoms with E-state index in [0.717, 1.165) is 22.5 Å². The molecule has 4 heteroatoms.